The molecule has 0 aliphatic rings. The number of rotatable bonds is 4. The summed E-state index contributed by atoms with van der Waals surface area (Å²) in [4.78, 5) is 0.230. The third kappa shape index (κ3) is 3.87. The van der Waals surface area contributed by atoms with Gasteiger partial charge in [-0.2, -0.15) is 0 Å². The predicted octanol–water partition coefficient (Wildman–Crippen LogP) is 4.64. The van der Waals surface area contributed by atoms with Gasteiger partial charge in [-0.05, 0) is 58.5 Å². The van der Waals surface area contributed by atoms with Crippen LogP contribution in [0.1, 0.15) is 5.56 Å². The molecule has 0 radical (unpaired) electrons. The lowest BCUT2D eigenvalue weighted by atomic mass is 10.2. The van der Waals surface area contributed by atoms with Gasteiger partial charge in [0, 0.05) is 13.9 Å². The van der Waals surface area contributed by atoms with Crippen LogP contribution < -0.4 is 4.72 Å². The van der Waals surface area contributed by atoms with Crippen LogP contribution in [-0.2, 0) is 15.4 Å². The number of nitrogens with one attached hydrogen (secondary N) is 1. The quantitative estimate of drug-likeness (QED) is 0.506. The Morgan fingerprint density at radius 1 is 1.15 bits per heavy atom. The van der Waals surface area contributed by atoms with Crippen LogP contribution in [0.15, 0.2) is 47.4 Å². The summed E-state index contributed by atoms with van der Waals surface area (Å²) in [5.74, 6) is 0. The minimum absolute atomic E-state index is 0.230. The van der Waals surface area contributed by atoms with E-state index in [0.717, 1.165) is 9.13 Å². The first kappa shape index (κ1) is 16.1. The standard InChI is InChI=1S/C13H10BrClINO2S/c14-8-9-1-4-11(5-2-9)20(18,19)17-13-6-3-10(15)7-12(13)16/h1-7,17H,8H2. The summed E-state index contributed by atoms with van der Waals surface area (Å²) < 4.78 is 27.9. The van der Waals surface area contributed by atoms with E-state index < -0.39 is 10.0 Å². The monoisotopic (exact) mass is 485 g/mol. The largest absolute Gasteiger partial charge is 0.279 e. The molecule has 0 unspecified atom stereocenters. The van der Waals surface area contributed by atoms with E-state index in [2.05, 4.69) is 20.7 Å². The van der Waals surface area contributed by atoms with E-state index in [1.807, 2.05) is 22.6 Å². The fourth-order valence-electron chi connectivity index (χ4n) is 1.53. The van der Waals surface area contributed by atoms with E-state index in [1.54, 1.807) is 42.5 Å². The van der Waals surface area contributed by atoms with Crippen molar-refractivity contribution in [2.45, 2.75) is 10.2 Å². The number of anilines is 1. The lowest BCUT2D eigenvalue weighted by Gasteiger charge is -2.10. The lowest BCUT2D eigenvalue weighted by Crippen LogP contribution is -2.13. The first-order valence-electron chi connectivity index (χ1n) is 5.55. The van der Waals surface area contributed by atoms with Crippen molar-refractivity contribution < 1.29 is 8.42 Å². The molecule has 20 heavy (non-hydrogen) atoms. The van der Waals surface area contributed by atoms with Crippen LogP contribution >= 0.6 is 50.1 Å². The van der Waals surface area contributed by atoms with Gasteiger partial charge < -0.3 is 0 Å². The number of hydrogen-bond acceptors (Lipinski definition) is 2. The smallest absolute Gasteiger partial charge is 0.261 e. The summed E-state index contributed by atoms with van der Waals surface area (Å²) >= 11 is 11.2. The highest BCUT2D eigenvalue weighted by Gasteiger charge is 2.15. The van der Waals surface area contributed by atoms with E-state index in [4.69, 9.17) is 11.6 Å². The first-order valence-corrected chi connectivity index (χ1v) is 9.61. The Labute approximate surface area is 145 Å². The second kappa shape index (κ2) is 6.64. The third-order valence-corrected chi connectivity index (χ3v) is 5.72. The van der Waals surface area contributed by atoms with Gasteiger partial charge in [0.2, 0.25) is 0 Å². The molecule has 0 heterocycles. The highest BCUT2D eigenvalue weighted by molar-refractivity contribution is 14.1. The summed E-state index contributed by atoms with van der Waals surface area (Å²) in [6.07, 6.45) is 0. The molecule has 0 spiro atoms. The van der Waals surface area contributed by atoms with Gasteiger partial charge in [0.05, 0.1) is 10.6 Å². The molecule has 2 aromatic carbocycles. The molecule has 106 valence electrons. The van der Waals surface area contributed by atoms with Crippen molar-refractivity contribution in [1.29, 1.82) is 0 Å². The van der Waals surface area contributed by atoms with Crippen LogP contribution in [0.5, 0.6) is 0 Å². The number of sulfonamides is 1. The number of halogens is 3. The molecule has 0 bridgehead atoms. The average Bonchev–Trinajstić information content (AvgIpc) is 2.42. The second-order valence-electron chi connectivity index (χ2n) is 4.01. The van der Waals surface area contributed by atoms with Crippen LogP contribution in [0.3, 0.4) is 0 Å². The fraction of sp³-hybridized carbons (Fsp3) is 0.0769. The first-order chi connectivity index (χ1) is 9.42. The predicted molar refractivity (Wildman–Crippen MR) is 94.1 cm³/mol. The minimum atomic E-state index is -3.59. The summed E-state index contributed by atoms with van der Waals surface area (Å²) in [6.45, 7) is 0. The zero-order valence-corrected chi connectivity index (χ0v) is 15.4. The Balaban J connectivity index is 2.30. The van der Waals surface area contributed by atoms with E-state index in [9.17, 15) is 8.42 Å². The molecule has 0 saturated heterocycles. The maximum absolute atomic E-state index is 12.3. The van der Waals surface area contributed by atoms with Gasteiger partial charge in [-0.3, -0.25) is 4.72 Å². The van der Waals surface area contributed by atoms with Gasteiger partial charge in [-0.1, -0.05) is 39.7 Å². The molecule has 2 aromatic rings. The Hall–Kier alpha value is -0.310. The maximum Gasteiger partial charge on any atom is 0.261 e. The number of hydrogen-bond donors (Lipinski definition) is 1. The minimum Gasteiger partial charge on any atom is -0.279 e. The van der Waals surface area contributed by atoms with Gasteiger partial charge in [0.25, 0.3) is 10.0 Å². The molecule has 0 aliphatic carbocycles. The highest BCUT2D eigenvalue weighted by atomic mass is 127. The van der Waals surface area contributed by atoms with Gasteiger partial charge in [0.15, 0.2) is 0 Å². The lowest BCUT2D eigenvalue weighted by molar-refractivity contribution is 0.601. The SMILES string of the molecule is O=S(=O)(Nc1ccc(Cl)cc1I)c1ccc(CBr)cc1. The normalized spacial score (nSPS) is 11.3. The van der Waals surface area contributed by atoms with Crippen LogP contribution in [0.25, 0.3) is 0 Å². The van der Waals surface area contributed by atoms with Crippen molar-refractivity contribution >= 4 is 65.8 Å². The van der Waals surface area contributed by atoms with Crippen molar-refractivity contribution in [2.24, 2.45) is 0 Å². The molecule has 2 rings (SSSR count). The Kier molecular flexibility index (Phi) is 5.33. The zero-order valence-electron chi connectivity index (χ0n) is 10.1. The summed E-state index contributed by atoms with van der Waals surface area (Å²) in [5, 5.41) is 1.26. The Morgan fingerprint density at radius 3 is 2.35 bits per heavy atom. The molecular formula is C13H10BrClINO2S. The Bertz CT molecular complexity index is 720. The third-order valence-electron chi connectivity index (χ3n) is 2.56. The highest BCUT2D eigenvalue weighted by Crippen LogP contribution is 2.25. The molecule has 0 amide bonds. The number of benzene rings is 2. The van der Waals surface area contributed by atoms with Crippen molar-refractivity contribution in [3.05, 3.63) is 56.6 Å². The van der Waals surface area contributed by atoms with Crippen LogP contribution in [0.2, 0.25) is 5.02 Å². The van der Waals surface area contributed by atoms with Crippen LogP contribution in [0.4, 0.5) is 5.69 Å². The molecule has 0 saturated carbocycles. The van der Waals surface area contributed by atoms with Crippen molar-refractivity contribution in [1.82, 2.24) is 0 Å². The van der Waals surface area contributed by atoms with Crippen molar-refractivity contribution in [3.63, 3.8) is 0 Å². The van der Waals surface area contributed by atoms with Gasteiger partial charge in [-0.25, -0.2) is 8.42 Å². The van der Waals surface area contributed by atoms with E-state index in [-0.39, 0.29) is 4.90 Å². The van der Waals surface area contributed by atoms with E-state index >= 15 is 0 Å². The van der Waals surface area contributed by atoms with Gasteiger partial charge in [-0.15, -0.1) is 0 Å². The van der Waals surface area contributed by atoms with Crippen molar-refractivity contribution in [2.75, 3.05) is 4.72 Å². The molecule has 0 aromatic heterocycles. The maximum atomic E-state index is 12.3. The molecule has 0 fully saturated rings. The molecule has 1 N–H and O–H groups in total. The van der Waals surface area contributed by atoms with E-state index in [1.165, 1.54) is 0 Å². The number of alkyl halides is 1. The molecule has 7 heteroatoms. The summed E-state index contributed by atoms with van der Waals surface area (Å²) in [5.41, 5.74) is 1.53. The summed E-state index contributed by atoms with van der Waals surface area (Å²) in [6, 6.07) is 11.7. The van der Waals surface area contributed by atoms with Crippen LogP contribution in [-0.4, -0.2) is 8.42 Å². The topological polar surface area (TPSA) is 46.2 Å². The fourth-order valence-corrected chi connectivity index (χ4v) is 4.18. The molecular weight excluding hydrogens is 476 g/mol. The summed E-state index contributed by atoms with van der Waals surface area (Å²) in [7, 11) is -3.59. The van der Waals surface area contributed by atoms with Gasteiger partial charge >= 0.3 is 0 Å². The Morgan fingerprint density at radius 2 is 1.80 bits per heavy atom. The van der Waals surface area contributed by atoms with Crippen molar-refractivity contribution in [3.8, 4) is 0 Å². The van der Waals surface area contributed by atoms with Crippen LogP contribution in [0, 0.1) is 3.57 Å². The molecule has 0 atom stereocenters. The molecule has 3 nitrogen and oxygen atoms in total. The second-order valence-corrected chi connectivity index (χ2v) is 7.85. The van der Waals surface area contributed by atoms with E-state index in [0.29, 0.717) is 16.0 Å². The zero-order chi connectivity index (χ0) is 14.8. The molecule has 0 aliphatic heterocycles. The van der Waals surface area contributed by atoms with Gasteiger partial charge in [0.1, 0.15) is 0 Å². The average molecular weight is 487 g/mol.